The SMILES string of the molecule is O=C(NCCC(O)C(O)c1ccc(Br)cc1OC(F)(F)F)OCc1ccccc1. The number of nitrogens with one attached hydrogen (secondary N) is 1. The van der Waals surface area contributed by atoms with Gasteiger partial charge in [0.2, 0.25) is 0 Å². The molecule has 1 amide bonds. The molecular weight excluding hydrogens is 459 g/mol. The second-order valence-corrected chi connectivity index (χ2v) is 6.93. The Hall–Kier alpha value is -2.30. The number of rotatable bonds is 8. The van der Waals surface area contributed by atoms with Crippen molar-refractivity contribution in [1.82, 2.24) is 5.32 Å². The Bertz CT molecular complexity index is 804. The minimum atomic E-state index is -4.95. The average molecular weight is 478 g/mol. The van der Waals surface area contributed by atoms with Gasteiger partial charge in [-0.25, -0.2) is 4.79 Å². The Labute approximate surface area is 173 Å². The van der Waals surface area contributed by atoms with Crippen LogP contribution in [0, 0.1) is 0 Å². The third-order valence-electron chi connectivity index (χ3n) is 3.81. The van der Waals surface area contributed by atoms with Gasteiger partial charge < -0.3 is 25.0 Å². The van der Waals surface area contributed by atoms with Gasteiger partial charge in [-0.2, -0.15) is 0 Å². The molecule has 0 spiro atoms. The van der Waals surface area contributed by atoms with Gasteiger partial charge in [0.15, 0.2) is 0 Å². The molecule has 2 rings (SSSR count). The van der Waals surface area contributed by atoms with E-state index in [1.165, 1.54) is 12.1 Å². The molecule has 0 heterocycles. The van der Waals surface area contributed by atoms with Gasteiger partial charge in [0.05, 0.1) is 6.10 Å². The maximum absolute atomic E-state index is 12.6. The first-order valence-electron chi connectivity index (χ1n) is 8.51. The van der Waals surface area contributed by atoms with E-state index >= 15 is 0 Å². The summed E-state index contributed by atoms with van der Waals surface area (Å²) in [5.41, 5.74) is 0.565. The third kappa shape index (κ3) is 7.92. The number of aliphatic hydroxyl groups excluding tert-OH is 2. The van der Waals surface area contributed by atoms with Gasteiger partial charge in [0.25, 0.3) is 0 Å². The lowest BCUT2D eigenvalue weighted by Crippen LogP contribution is -2.30. The number of ether oxygens (including phenoxy) is 2. The molecule has 0 bridgehead atoms. The molecule has 0 aromatic heterocycles. The van der Waals surface area contributed by atoms with Crippen molar-refractivity contribution in [2.45, 2.75) is 31.6 Å². The van der Waals surface area contributed by atoms with E-state index in [1.54, 1.807) is 24.3 Å². The fraction of sp³-hybridized carbons (Fsp3) is 0.316. The molecule has 0 fully saturated rings. The van der Waals surface area contributed by atoms with Crippen LogP contribution in [0.3, 0.4) is 0 Å². The maximum atomic E-state index is 12.6. The van der Waals surface area contributed by atoms with Crippen LogP contribution in [0.25, 0.3) is 0 Å². The van der Waals surface area contributed by atoms with E-state index in [2.05, 4.69) is 26.0 Å². The summed E-state index contributed by atoms with van der Waals surface area (Å²) < 4.78 is 46.9. The van der Waals surface area contributed by atoms with Crippen LogP contribution in [0.4, 0.5) is 18.0 Å². The summed E-state index contributed by atoms with van der Waals surface area (Å²) in [6.45, 7) is 0.00667. The molecule has 0 aliphatic rings. The number of carbonyl (C=O) groups excluding carboxylic acids is 1. The first-order valence-corrected chi connectivity index (χ1v) is 9.31. The number of halogens is 4. The van der Waals surface area contributed by atoms with Crippen LogP contribution in [0.2, 0.25) is 0 Å². The monoisotopic (exact) mass is 477 g/mol. The Kier molecular flexibility index (Phi) is 8.30. The van der Waals surface area contributed by atoms with E-state index in [-0.39, 0.29) is 25.1 Å². The lowest BCUT2D eigenvalue weighted by atomic mass is 10.0. The van der Waals surface area contributed by atoms with Crippen molar-refractivity contribution in [3.05, 3.63) is 64.1 Å². The predicted molar refractivity (Wildman–Crippen MR) is 101 cm³/mol. The molecule has 2 atom stereocenters. The van der Waals surface area contributed by atoms with E-state index in [4.69, 9.17) is 4.74 Å². The average Bonchev–Trinajstić information content (AvgIpc) is 2.65. The van der Waals surface area contributed by atoms with Gasteiger partial charge in [-0.3, -0.25) is 0 Å². The van der Waals surface area contributed by atoms with E-state index in [9.17, 15) is 28.2 Å². The number of benzene rings is 2. The van der Waals surface area contributed by atoms with E-state index in [1.807, 2.05) is 6.07 Å². The molecule has 2 unspecified atom stereocenters. The zero-order chi connectivity index (χ0) is 21.4. The highest BCUT2D eigenvalue weighted by Gasteiger charge is 2.34. The Morgan fingerprint density at radius 2 is 1.83 bits per heavy atom. The number of hydrogen-bond acceptors (Lipinski definition) is 5. The van der Waals surface area contributed by atoms with Gasteiger partial charge >= 0.3 is 12.5 Å². The minimum absolute atomic E-state index is 0.0577. The highest BCUT2D eigenvalue weighted by molar-refractivity contribution is 9.10. The topological polar surface area (TPSA) is 88.0 Å². The van der Waals surface area contributed by atoms with Gasteiger partial charge in [-0.1, -0.05) is 52.3 Å². The summed E-state index contributed by atoms with van der Waals surface area (Å²) in [5.74, 6) is -0.631. The lowest BCUT2D eigenvalue weighted by Gasteiger charge is -2.21. The van der Waals surface area contributed by atoms with Crippen molar-refractivity contribution in [1.29, 1.82) is 0 Å². The summed E-state index contributed by atoms with van der Waals surface area (Å²) in [6, 6.07) is 12.7. The minimum Gasteiger partial charge on any atom is -0.445 e. The van der Waals surface area contributed by atoms with Gasteiger partial charge in [-0.05, 0) is 24.1 Å². The molecule has 6 nitrogen and oxygen atoms in total. The number of carbonyl (C=O) groups is 1. The second kappa shape index (κ2) is 10.5. The van der Waals surface area contributed by atoms with E-state index in [0.29, 0.717) is 4.47 Å². The molecule has 29 heavy (non-hydrogen) atoms. The number of amides is 1. The van der Waals surface area contributed by atoms with Crippen LogP contribution in [0.15, 0.2) is 53.0 Å². The zero-order valence-corrected chi connectivity index (χ0v) is 16.6. The number of hydrogen-bond donors (Lipinski definition) is 3. The second-order valence-electron chi connectivity index (χ2n) is 6.02. The van der Waals surface area contributed by atoms with Crippen molar-refractivity contribution >= 4 is 22.0 Å². The fourth-order valence-corrected chi connectivity index (χ4v) is 2.77. The van der Waals surface area contributed by atoms with E-state index < -0.39 is 30.4 Å². The molecule has 0 radical (unpaired) electrons. The molecule has 2 aromatic rings. The standard InChI is InChI=1S/C19H19BrF3NO5/c20-13-6-7-14(16(10-13)29-19(21,22)23)17(26)15(25)8-9-24-18(27)28-11-12-4-2-1-3-5-12/h1-7,10,15,17,25-26H,8-9,11H2,(H,24,27). The van der Waals surface area contributed by atoms with Crippen LogP contribution in [0.1, 0.15) is 23.7 Å². The fourth-order valence-electron chi connectivity index (χ4n) is 2.43. The van der Waals surface area contributed by atoms with Crippen molar-refractivity contribution in [3.63, 3.8) is 0 Å². The summed E-state index contributed by atoms with van der Waals surface area (Å²) >= 11 is 3.03. The predicted octanol–water partition coefficient (Wildman–Crippen LogP) is 4.06. The Morgan fingerprint density at radius 1 is 1.14 bits per heavy atom. The smallest absolute Gasteiger partial charge is 0.445 e. The lowest BCUT2D eigenvalue weighted by molar-refractivity contribution is -0.275. The first kappa shape index (κ1) is 23.0. The molecule has 10 heteroatoms. The highest BCUT2D eigenvalue weighted by Crippen LogP contribution is 2.34. The zero-order valence-electron chi connectivity index (χ0n) is 15.0. The van der Waals surface area contributed by atoms with Gasteiger partial charge in [0, 0.05) is 16.6 Å². The number of aliphatic hydroxyl groups is 2. The van der Waals surface area contributed by atoms with Crippen molar-refractivity contribution in [3.8, 4) is 5.75 Å². The number of alkyl carbamates (subject to hydrolysis) is 1. The van der Waals surface area contributed by atoms with Crippen LogP contribution >= 0.6 is 15.9 Å². The molecule has 2 aromatic carbocycles. The van der Waals surface area contributed by atoms with Crippen molar-refractivity contribution in [2.75, 3.05) is 6.54 Å². The Morgan fingerprint density at radius 3 is 2.48 bits per heavy atom. The molecular formula is C19H19BrF3NO5. The normalized spacial score (nSPS) is 13.4. The molecule has 0 saturated heterocycles. The summed E-state index contributed by atoms with van der Waals surface area (Å²) in [7, 11) is 0. The van der Waals surface area contributed by atoms with Gasteiger partial charge in [-0.15, -0.1) is 13.2 Å². The quantitative estimate of drug-likeness (QED) is 0.533. The van der Waals surface area contributed by atoms with Crippen LogP contribution in [0.5, 0.6) is 5.75 Å². The summed E-state index contributed by atoms with van der Waals surface area (Å²) in [6.07, 6.45) is -8.89. The Balaban J connectivity index is 1.86. The highest BCUT2D eigenvalue weighted by atomic mass is 79.9. The molecule has 0 aliphatic carbocycles. The van der Waals surface area contributed by atoms with Gasteiger partial charge in [0.1, 0.15) is 18.5 Å². The van der Waals surface area contributed by atoms with Crippen molar-refractivity contribution < 1.29 is 37.7 Å². The molecule has 3 N–H and O–H groups in total. The maximum Gasteiger partial charge on any atom is 0.573 e. The van der Waals surface area contributed by atoms with Crippen molar-refractivity contribution in [2.24, 2.45) is 0 Å². The number of alkyl halides is 3. The van der Waals surface area contributed by atoms with Crippen LogP contribution in [-0.4, -0.2) is 35.3 Å². The third-order valence-corrected chi connectivity index (χ3v) is 4.30. The molecule has 0 saturated carbocycles. The van der Waals surface area contributed by atoms with Crippen LogP contribution in [-0.2, 0) is 11.3 Å². The molecule has 0 aliphatic heterocycles. The molecule has 158 valence electrons. The van der Waals surface area contributed by atoms with E-state index in [0.717, 1.165) is 11.6 Å². The summed E-state index contributed by atoms with van der Waals surface area (Å²) in [5, 5.41) is 22.7. The largest absolute Gasteiger partial charge is 0.573 e. The van der Waals surface area contributed by atoms with Crippen LogP contribution < -0.4 is 10.1 Å². The summed E-state index contributed by atoms with van der Waals surface area (Å²) in [4.78, 5) is 11.7. The first-order chi connectivity index (χ1) is 13.7.